The van der Waals surface area contributed by atoms with Crippen molar-refractivity contribution in [3.8, 4) is 0 Å². The number of hydrogen-bond donors (Lipinski definition) is 0. The number of hydrogen-bond acceptors (Lipinski definition) is 2. The van der Waals surface area contributed by atoms with Gasteiger partial charge in [0.15, 0.2) is 5.78 Å². The van der Waals surface area contributed by atoms with Gasteiger partial charge >= 0.3 is 0 Å². The largest absolute Gasteiger partial charge is 0.289 e. The second kappa shape index (κ2) is 13.6. The van der Waals surface area contributed by atoms with E-state index in [0.29, 0.717) is 0 Å². The van der Waals surface area contributed by atoms with E-state index in [4.69, 9.17) is 0 Å². The normalized spacial score (nSPS) is 11.3. The Balaban J connectivity index is 1.84. The molecule has 0 N–H and O–H groups in total. The Labute approximate surface area is 214 Å². The summed E-state index contributed by atoms with van der Waals surface area (Å²) in [6.45, 7) is 2.25. The van der Waals surface area contributed by atoms with Crippen LogP contribution in [0.1, 0.15) is 61.4 Å². The number of benzene rings is 2. The molecule has 0 heterocycles. The topological polar surface area (TPSA) is 17.1 Å². The molecule has 0 saturated carbocycles. The fourth-order valence-corrected chi connectivity index (χ4v) is 5.74. The summed E-state index contributed by atoms with van der Waals surface area (Å²) < 4.78 is 3.66. The molecule has 1 nitrogen and oxygen atoms in total. The fraction of sp³-hybridized carbons (Fsp3) is 0.348. The first kappa shape index (κ1) is 24.7. The summed E-state index contributed by atoms with van der Waals surface area (Å²) in [5.74, 6) is 1.21. The van der Waals surface area contributed by atoms with Gasteiger partial charge in [-0.3, -0.25) is 4.79 Å². The number of carbonyl (C=O) groups is 1. The smallest absolute Gasteiger partial charge is 0.185 e. The van der Waals surface area contributed by atoms with Crippen LogP contribution in [-0.2, 0) is 0 Å². The number of allylic oxidation sites excluding steroid dienone is 1. The highest BCUT2D eigenvalue weighted by Gasteiger charge is 2.07. The lowest BCUT2D eigenvalue weighted by molar-refractivity contribution is 0.104. The van der Waals surface area contributed by atoms with Gasteiger partial charge in [0.25, 0.3) is 0 Å². The van der Waals surface area contributed by atoms with E-state index in [0.717, 1.165) is 16.9 Å². The summed E-state index contributed by atoms with van der Waals surface area (Å²) in [6, 6.07) is 12.2. The number of halogens is 3. The molecule has 0 saturated heterocycles. The van der Waals surface area contributed by atoms with Crippen molar-refractivity contribution in [2.75, 3.05) is 5.75 Å². The maximum atomic E-state index is 12.5. The average molecular weight is 730 g/mol. The molecule has 28 heavy (non-hydrogen) atoms. The molecule has 0 bridgehead atoms. The Kier molecular flexibility index (Phi) is 12.0. The molecule has 0 radical (unpaired) electrons. The molecular weight excluding hydrogens is 705 g/mol. The Bertz CT molecular complexity index is 800. The molecule has 2 aromatic rings. The van der Waals surface area contributed by atoms with Crippen molar-refractivity contribution in [3.05, 3.63) is 64.3 Å². The van der Waals surface area contributed by atoms with Gasteiger partial charge in [-0.05, 0) is 128 Å². The predicted octanol–water partition coefficient (Wildman–Crippen LogP) is 8.85. The molecule has 0 amide bonds. The van der Waals surface area contributed by atoms with E-state index in [9.17, 15) is 4.79 Å². The second-order valence-corrected chi connectivity index (χ2v) is 11.1. The molecule has 150 valence electrons. The fourth-order valence-electron chi connectivity index (χ4n) is 2.72. The van der Waals surface area contributed by atoms with E-state index in [-0.39, 0.29) is 5.78 Å². The Hall–Kier alpha value is 0.390. The summed E-state index contributed by atoms with van der Waals surface area (Å²) in [4.78, 5) is 13.7. The predicted molar refractivity (Wildman–Crippen MR) is 148 cm³/mol. The highest BCUT2D eigenvalue weighted by Crippen LogP contribution is 2.26. The van der Waals surface area contributed by atoms with Gasteiger partial charge in [-0.1, -0.05) is 45.1 Å². The van der Waals surface area contributed by atoms with Crippen LogP contribution in [0.5, 0.6) is 0 Å². The van der Waals surface area contributed by atoms with Crippen LogP contribution in [0.4, 0.5) is 0 Å². The molecule has 2 aromatic carbocycles. The lowest BCUT2D eigenvalue weighted by atomic mass is 10.1. The minimum atomic E-state index is 0.0526. The van der Waals surface area contributed by atoms with Crippen LogP contribution >= 0.6 is 79.5 Å². The Morgan fingerprint density at radius 2 is 1.57 bits per heavy atom. The van der Waals surface area contributed by atoms with Crippen molar-refractivity contribution in [2.24, 2.45) is 0 Å². The zero-order valence-electron chi connectivity index (χ0n) is 16.0. The summed E-state index contributed by atoms with van der Waals surface area (Å²) in [7, 11) is 0. The minimum absolute atomic E-state index is 0.0526. The third-order valence-electron chi connectivity index (χ3n) is 4.38. The SMILES string of the molecule is CCCCCCCCSc1ccc(C(=O)C=Cc2ccc(I)c(I)c2I)cc1. The molecular formula is C23H25I3OS. The van der Waals surface area contributed by atoms with Crippen LogP contribution in [0.15, 0.2) is 47.4 Å². The molecule has 0 spiro atoms. The Morgan fingerprint density at radius 1 is 0.893 bits per heavy atom. The monoisotopic (exact) mass is 730 g/mol. The summed E-state index contributed by atoms with van der Waals surface area (Å²) in [6.07, 6.45) is 11.6. The van der Waals surface area contributed by atoms with Crippen LogP contribution in [0.3, 0.4) is 0 Å². The third kappa shape index (κ3) is 8.26. The van der Waals surface area contributed by atoms with E-state index < -0.39 is 0 Å². The lowest BCUT2D eigenvalue weighted by Gasteiger charge is -2.04. The lowest BCUT2D eigenvalue weighted by Crippen LogP contribution is -1.95. The first-order valence-corrected chi connectivity index (χ1v) is 13.8. The second-order valence-electron chi connectivity index (χ2n) is 6.60. The van der Waals surface area contributed by atoms with Gasteiger partial charge in [-0.15, -0.1) is 11.8 Å². The maximum absolute atomic E-state index is 12.5. The summed E-state index contributed by atoms with van der Waals surface area (Å²) >= 11 is 8.92. The maximum Gasteiger partial charge on any atom is 0.185 e. The standard InChI is InChI=1S/C23H25I3OS/c1-2-3-4-5-6-7-16-28-19-12-8-17(9-13-19)21(27)15-11-18-10-14-20(24)23(26)22(18)25/h8-15H,2-7,16H2,1H3. The summed E-state index contributed by atoms with van der Waals surface area (Å²) in [5.41, 5.74) is 1.83. The van der Waals surface area contributed by atoms with Crippen molar-refractivity contribution in [3.63, 3.8) is 0 Å². The van der Waals surface area contributed by atoms with Gasteiger partial charge in [0, 0.05) is 21.2 Å². The third-order valence-corrected chi connectivity index (χ3v) is 10.7. The number of rotatable bonds is 11. The van der Waals surface area contributed by atoms with Gasteiger partial charge in [0.05, 0.1) is 0 Å². The van der Waals surface area contributed by atoms with Gasteiger partial charge in [-0.2, -0.15) is 0 Å². The highest BCUT2D eigenvalue weighted by molar-refractivity contribution is 14.1. The van der Waals surface area contributed by atoms with Gasteiger partial charge < -0.3 is 0 Å². The van der Waals surface area contributed by atoms with Crippen LogP contribution in [-0.4, -0.2) is 11.5 Å². The molecule has 0 aliphatic heterocycles. The van der Waals surface area contributed by atoms with Gasteiger partial charge in [0.2, 0.25) is 0 Å². The van der Waals surface area contributed by atoms with Crippen molar-refractivity contribution in [2.45, 2.75) is 50.3 Å². The van der Waals surface area contributed by atoms with Gasteiger partial charge in [0.1, 0.15) is 0 Å². The molecule has 0 unspecified atom stereocenters. The summed E-state index contributed by atoms with van der Waals surface area (Å²) in [5, 5.41) is 0. The van der Waals surface area contributed by atoms with Crippen molar-refractivity contribution in [1.29, 1.82) is 0 Å². The first-order valence-electron chi connectivity index (χ1n) is 9.61. The van der Waals surface area contributed by atoms with E-state index in [1.807, 2.05) is 30.0 Å². The number of carbonyl (C=O) groups excluding carboxylic acids is 1. The number of ketones is 1. The van der Waals surface area contributed by atoms with Crippen molar-refractivity contribution in [1.82, 2.24) is 0 Å². The zero-order valence-corrected chi connectivity index (χ0v) is 23.3. The zero-order chi connectivity index (χ0) is 20.4. The van der Waals surface area contributed by atoms with E-state index in [1.165, 1.54) is 54.1 Å². The molecule has 0 atom stereocenters. The molecule has 0 fully saturated rings. The van der Waals surface area contributed by atoms with E-state index in [1.54, 1.807) is 6.08 Å². The molecule has 5 heteroatoms. The average Bonchev–Trinajstić information content (AvgIpc) is 2.71. The van der Waals surface area contributed by atoms with Crippen LogP contribution in [0, 0.1) is 10.7 Å². The van der Waals surface area contributed by atoms with Gasteiger partial charge in [-0.25, -0.2) is 0 Å². The number of unbranched alkanes of at least 4 members (excludes halogenated alkanes) is 5. The highest BCUT2D eigenvalue weighted by atomic mass is 127. The molecule has 2 rings (SSSR count). The first-order chi connectivity index (χ1) is 13.5. The van der Waals surface area contributed by atoms with E-state index >= 15 is 0 Å². The van der Waals surface area contributed by atoms with Crippen LogP contribution < -0.4 is 0 Å². The minimum Gasteiger partial charge on any atom is -0.289 e. The van der Waals surface area contributed by atoms with Crippen LogP contribution in [0.2, 0.25) is 0 Å². The van der Waals surface area contributed by atoms with Crippen molar-refractivity contribution < 1.29 is 4.79 Å². The quantitative estimate of drug-likeness (QED) is 0.0575. The Morgan fingerprint density at radius 3 is 2.29 bits per heavy atom. The molecule has 0 aliphatic carbocycles. The van der Waals surface area contributed by atoms with E-state index in [2.05, 4.69) is 99.0 Å². The number of thioether (sulfide) groups is 1. The van der Waals surface area contributed by atoms with Crippen LogP contribution in [0.25, 0.3) is 6.08 Å². The van der Waals surface area contributed by atoms with Crippen molar-refractivity contribution >= 4 is 91.4 Å². The molecule has 0 aliphatic rings. The molecule has 0 aromatic heterocycles.